The summed E-state index contributed by atoms with van der Waals surface area (Å²) in [5, 5.41) is 37.9. The molecule has 0 spiro atoms. The Bertz CT molecular complexity index is 2330. The van der Waals surface area contributed by atoms with E-state index in [0.717, 1.165) is 42.2 Å². The van der Waals surface area contributed by atoms with Crippen molar-refractivity contribution >= 4 is 112 Å². The minimum absolute atomic E-state index is 0.564. The predicted octanol–water partition coefficient (Wildman–Crippen LogP) is 11.8. The lowest BCUT2D eigenvalue weighted by Crippen LogP contribution is -1.94. The Kier molecular flexibility index (Phi) is 8.30. The SMILES string of the molecule is CCCn1c2cc(-c3ccc(C=C(C#N)c4ccc(C#N)s4)s3)sc2c2sc(-c3ccc(C=C(C#N)c4ccc(C#N)s4)s3)cc21. The Morgan fingerprint density at radius 3 is 1.48 bits per heavy atom. The van der Waals surface area contributed by atoms with Crippen LogP contribution in [0.5, 0.6) is 0 Å². The van der Waals surface area contributed by atoms with Gasteiger partial charge in [-0.05, 0) is 79.2 Å². The van der Waals surface area contributed by atoms with Gasteiger partial charge in [0.15, 0.2) is 0 Å². The van der Waals surface area contributed by atoms with Crippen molar-refractivity contribution in [2.75, 3.05) is 0 Å². The number of thiophene rings is 6. The van der Waals surface area contributed by atoms with Gasteiger partial charge in [0.05, 0.1) is 31.6 Å². The minimum atomic E-state index is 0.564. The summed E-state index contributed by atoms with van der Waals surface area (Å²) in [5.41, 5.74) is 3.63. The molecule has 7 aromatic rings. The number of hydrogen-bond donors (Lipinski definition) is 0. The Morgan fingerprint density at radius 2 is 1.09 bits per heavy atom. The minimum Gasteiger partial charge on any atom is -0.339 e. The second-order valence-corrected chi connectivity index (χ2v) is 16.6. The molecule has 5 nitrogen and oxygen atoms in total. The van der Waals surface area contributed by atoms with Crippen LogP contribution < -0.4 is 0 Å². The smallest absolute Gasteiger partial charge is 0.110 e. The summed E-state index contributed by atoms with van der Waals surface area (Å²) in [7, 11) is 0. The molecule has 7 heterocycles. The van der Waals surface area contributed by atoms with Crippen molar-refractivity contribution in [2.24, 2.45) is 0 Å². The molecule has 7 rings (SSSR count). The summed E-state index contributed by atoms with van der Waals surface area (Å²) >= 11 is 9.62. The van der Waals surface area contributed by atoms with E-state index in [-0.39, 0.29) is 0 Å². The average Bonchev–Trinajstić information content (AvgIpc) is 3.92. The number of aryl methyl sites for hydroxylation is 1. The van der Waals surface area contributed by atoms with E-state index in [4.69, 9.17) is 10.5 Å². The van der Waals surface area contributed by atoms with Crippen LogP contribution in [0.15, 0.2) is 60.7 Å². The summed E-state index contributed by atoms with van der Waals surface area (Å²) in [6.07, 6.45) is 4.84. The van der Waals surface area contributed by atoms with Crippen LogP contribution >= 0.6 is 68.0 Å². The Hall–Kier alpha value is -4.56. The van der Waals surface area contributed by atoms with Gasteiger partial charge in [0, 0.05) is 45.6 Å². The standard InChI is InChI=1S/C35H19N5S6/c1-2-11-40-26-14-32(30-9-3-22(41-30)12-20(16-36)28-7-5-24(18-38)43-28)45-34(26)35-27(40)15-33(46-35)31-10-4-23(42-31)13-21(17-37)29-8-6-25(19-39)44-29/h3-10,12-15H,2,11H2,1H3. The summed E-state index contributed by atoms with van der Waals surface area (Å²) in [6.45, 7) is 3.13. The quantitative estimate of drug-likeness (QED) is 0.147. The van der Waals surface area contributed by atoms with Crippen molar-refractivity contribution < 1.29 is 0 Å². The maximum absolute atomic E-state index is 9.77. The zero-order valence-electron chi connectivity index (χ0n) is 24.0. The van der Waals surface area contributed by atoms with Gasteiger partial charge in [-0.25, -0.2) is 0 Å². The molecule has 0 fully saturated rings. The van der Waals surface area contributed by atoms with E-state index in [1.807, 2.05) is 47.0 Å². The molecule has 7 aromatic heterocycles. The Labute approximate surface area is 288 Å². The molecular formula is C35H19N5S6. The lowest BCUT2D eigenvalue weighted by atomic mass is 10.2. The van der Waals surface area contributed by atoms with Gasteiger partial charge < -0.3 is 4.57 Å². The number of hydrogen-bond acceptors (Lipinski definition) is 10. The molecule has 0 aliphatic rings. The molecule has 0 aliphatic heterocycles. The molecule has 0 saturated carbocycles. The number of nitriles is 4. The maximum Gasteiger partial charge on any atom is 0.110 e. The number of rotatable bonds is 8. The molecule has 0 saturated heterocycles. The summed E-state index contributed by atoms with van der Waals surface area (Å²) in [6, 6.07) is 29.0. The van der Waals surface area contributed by atoms with Crippen LogP contribution in [0.25, 0.3) is 63.2 Å². The molecule has 0 bridgehead atoms. The van der Waals surface area contributed by atoms with Crippen molar-refractivity contribution in [3.8, 4) is 43.8 Å². The predicted molar refractivity (Wildman–Crippen MR) is 197 cm³/mol. The van der Waals surface area contributed by atoms with Gasteiger partial charge in [-0.3, -0.25) is 0 Å². The van der Waals surface area contributed by atoms with Crippen LogP contribution in [0.3, 0.4) is 0 Å². The van der Waals surface area contributed by atoms with Crippen LogP contribution in [0.1, 0.15) is 42.6 Å². The van der Waals surface area contributed by atoms with E-state index >= 15 is 0 Å². The molecule has 11 heteroatoms. The number of allylic oxidation sites excluding steroid dienone is 2. The highest BCUT2D eigenvalue weighted by molar-refractivity contribution is 7.32. The summed E-state index contributed by atoms with van der Waals surface area (Å²) < 4.78 is 5.01. The summed E-state index contributed by atoms with van der Waals surface area (Å²) in [5.74, 6) is 0. The molecule has 0 amide bonds. The highest BCUT2D eigenvalue weighted by Gasteiger charge is 2.20. The van der Waals surface area contributed by atoms with Gasteiger partial charge in [0.2, 0.25) is 0 Å². The first-order chi connectivity index (χ1) is 22.5. The molecule has 46 heavy (non-hydrogen) atoms. The van der Waals surface area contributed by atoms with E-state index in [9.17, 15) is 10.5 Å². The maximum atomic E-state index is 9.77. The van der Waals surface area contributed by atoms with Crippen LogP contribution in [-0.4, -0.2) is 4.57 Å². The van der Waals surface area contributed by atoms with E-state index in [1.54, 1.807) is 34.8 Å². The number of nitrogens with zero attached hydrogens (tertiary/aromatic N) is 5. The lowest BCUT2D eigenvalue weighted by Gasteiger charge is -2.02. The van der Waals surface area contributed by atoms with E-state index in [0.29, 0.717) is 20.9 Å². The second-order valence-electron chi connectivity index (χ2n) is 10.1. The van der Waals surface area contributed by atoms with E-state index in [1.165, 1.54) is 52.9 Å². The fraction of sp³-hybridized carbons (Fsp3) is 0.0857. The van der Waals surface area contributed by atoms with Crippen LogP contribution in [0.2, 0.25) is 0 Å². The first-order valence-electron chi connectivity index (χ1n) is 14.0. The number of aromatic nitrogens is 1. The summed E-state index contributed by atoms with van der Waals surface area (Å²) in [4.78, 5) is 9.54. The van der Waals surface area contributed by atoms with Gasteiger partial charge in [-0.1, -0.05) is 6.92 Å². The second kappa shape index (κ2) is 12.7. The van der Waals surface area contributed by atoms with Crippen molar-refractivity contribution in [1.29, 1.82) is 21.0 Å². The van der Waals surface area contributed by atoms with E-state index in [2.05, 4.69) is 72.2 Å². The molecule has 0 aromatic carbocycles. The largest absolute Gasteiger partial charge is 0.339 e. The fourth-order valence-corrected chi connectivity index (χ4v) is 11.2. The highest BCUT2D eigenvalue weighted by Crippen LogP contribution is 2.47. The van der Waals surface area contributed by atoms with Gasteiger partial charge in [0.1, 0.15) is 34.0 Å². The normalized spacial score (nSPS) is 11.9. The van der Waals surface area contributed by atoms with Crippen LogP contribution in [-0.2, 0) is 6.54 Å². The average molecular weight is 702 g/mol. The van der Waals surface area contributed by atoms with Crippen molar-refractivity contribution in [3.63, 3.8) is 0 Å². The molecule has 0 aliphatic carbocycles. The monoisotopic (exact) mass is 701 g/mol. The van der Waals surface area contributed by atoms with Gasteiger partial charge >= 0.3 is 0 Å². The molecule has 0 radical (unpaired) electrons. The zero-order valence-corrected chi connectivity index (χ0v) is 28.9. The molecule has 0 atom stereocenters. The fourth-order valence-electron chi connectivity index (χ4n) is 5.14. The van der Waals surface area contributed by atoms with Crippen molar-refractivity contribution in [3.05, 3.63) is 89.9 Å². The molecular weight excluding hydrogens is 683 g/mol. The van der Waals surface area contributed by atoms with E-state index < -0.39 is 0 Å². The molecule has 0 N–H and O–H groups in total. The topological polar surface area (TPSA) is 100 Å². The first-order valence-corrected chi connectivity index (χ1v) is 18.9. The zero-order chi connectivity index (χ0) is 31.8. The first kappa shape index (κ1) is 30.1. The van der Waals surface area contributed by atoms with Crippen molar-refractivity contribution in [2.45, 2.75) is 19.9 Å². The molecule has 0 unspecified atom stereocenters. The van der Waals surface area contributed by atoms with Gasteiger partial charge in [0.25, 0.3) is 0 Å². The third-order valence-electron chi connectivity index (χ3n) is 7.18. The van der Waals surface area contributed by atoms with Crippen molar-refractivity contribution in [1.82, 2.24) is 4.57 Å². The lowest BCUT2D eigenvalue weighted by molar-refractivity contribution is 0.725. The molecule has 220 valence electrons. The number of fused-ring (bicyclic) bond motifs is 3. The third kappa shape index (κ3) is 5.55. The van der Waals surface area contributed by atoms with Gasteiger partial charge in [-0.2, -0.15) is 21.0 Å². The highest BCUT2D eigenvalue weighted by atomic mass is 32.1. The third-order valence-corrected chi connectivity index (χ3v) is 14.1. The Balaban J connectivity index is 1.22. The van der Waals surface area contributed by atoms with Crippen LogP contribution in [0, 0.1) is 45.3 Å². The van der Waals surface area contributed by atoms with Gasteiger partial charge in [-0.15, -0.1) is 68.0 Å². The van der Waals surface area contributed by atoms with Crippen LogP contribution in [0.4, 0.5) is 0 Å². The Morgan fingerprint density at radius 1 is 0.609 bits per heavy atom.